The largest absolute Gasteiger partial charge is 0.481 e. The van der Waals surface area contributed by atoms with Gasteiger partial charge in [-0.2, -0.15) is 4.98 Å². The van der Waals surface area contributed by atoms with E-state index in [1.165, 1.54) is 19.2 Å². The second-order valence-corrected chi connectivity index (χ2v) is 4.81. The van der Waals surface area contributed by atoms with E-state index >= 15 is 0 Å². The molecule has 0 spiro atoms. The van der Waals surface area contributed by atoms with Gasteiger partial charge in [0, 0.05) is 18.7 Å². The van der Waals surface area contributed by atoms with Gasteiger partial charge in [-0.3, -0.25) is 10.1 Å². The van der Waals surface area contributed by atoms with E-state index in [9.17, 15) is 10.1 Å². The molecule has 2 rings (SSSR count). The maximum atomic E-state index is 10.9. The molecule has 1 aromatic rings. The Morgan fingerprint density at radius 3 is 2.90 bits per heavy atom. The number of hydrogen-bond donors (Lipinski definition) is 1. The van der Waals surface area contributed by atoms with Crippen LogP contribution in [0.15, 0.2) is 12.1 Å². The van der Waals surface area contributed by atoms with Gasteiger partial charge in [-0.1, -0.05) is 0 Å². The second-order valence-electron chi connectivity index (χ2n) is 4.81. The molecule has 1 N–H and O–H groups in total. The zero-order valence-electron chi connectivity index (χ0n) is 11.6. The normalized spacial score (nSPS) is 20.6. The average Bonchev–Trinajstić information content (AvgIpc) is 2.75. The highest BCUT2D eigenvalue weighted by atomic mass is 16.7. The van der Waals surface area contributed by atoms with E-state index in [1.54, 1.807) is 0 Å². The number of aromatic nitrogens is 1. The van der Waals surface area contributed by atoms with Crippen molar-refractivity contribution in [2.24, 2.45) is 0 Å². The molecule has 20 heavy (non-hydrogen) atoms. The van der Waals surface area contributed by atoms with E-state index < -0.39 is 10.7 Å². The Balaban J connectivity index is 2.06. The molecule has 1 unspecified atom stereocenters. The molecule has 0 amide bonds. The first kappa shape index (κ1) is 14.5. The predicted octanol–water partition coefficient (Wildman–Crippen LogP) is 1.56. The first-order valence-corrected chi connectivity index (χ1v) is 6.16. The van der Waals surface area contributed by atoms with E-state index in [1.807, 2.05) is 13.8 Å². The highest BCUT2D eigenvalue weighted by Crippen LogP contribution is 2.26. The van der Waals surface area contributed by atoms with E-state index in [0.29, 0.717) is 19.0 Å². The van der Waals surface area contributed by atoms with Crippen LogP contribution in [0.25, 0.3) is 0 Å². The summed E-state index contributed by atoms with van der Waals surface area (Å²) in [5.74, 6) is -0.162. The summed E-state index contributed by atoms with van der Waals surface area (Å²) < 4.78 is 16.0. The van der Waals surface area contributed by atoms with Crippen LogP contribution in [0.1, 0.15) is 13.8 Å². The predicted molar refractivity (Wildman–Crippen MR) is 70.8 cm³/mol. The van der Waals surface area contributed by atoms with Crippen molar-refractivity contribution >= 4 is 11.5 Å². The van der Waals surface area contributed by atoms with Gasteiger partial charge in [0.2, 0.25) is 11.7 Å². The lowest BCUT2D eigenvalue weighted by Crippen LogP contribution is -2.26. The summed E-state index contributed by atoms with van der Waals surface area (Å²) >= 11 is 0. The van der Waals surface area contributed by atoms with Crippen LogP contribution in [0.5, 0.6) is 5.88 Å². The van der Waals surface area contributed by atoms with Crippen LogP contribution in [-0.2, 0) is 9.47 Å². The monoisotopic (exact) mass is 283 g/mol. The Labute approximate surface area is 116 Å². The van der Waals surface area contributed by atoms with Crippen LogP contribution in [0, 0.1) is 10.1 Å². The van der Waals surface area contributed by atoms with Gasteiger partial charge in [-0.15, -0.1) is 0 Å². The number of anilines is 1. The Morgan fingerprint density at radius 1 is 1.60 bits per heavy atom. The Kier molecular flexibility index (Phi) is 4.05. The fourth-order valence-electron chi connectivity index (χ4n) is 1.90. The molecule has 0 aliphatic carbocycles. The zero-order valence-corrected chi connectivity index (χ0v) is 11.6. The Bertz CT molecular complexity index is 506. The molecule has 1 aromatic heterocycles. The number of methoxy groups -OCH3 is 1. The molecule has 0 bridgehead atoms. The lowest BCUT2D eigenvalue weighted by molar-refractivity contribution is -0.384. The Hall–Kier alpha value is -1.93. The summed E-state index contributed by atoms with van der Waals surface area (Å²) in [7, 11) is 1.45. The number of rotatable bonds is 5. The van der Waals surface area contributed by atoms with Crippen LogP contribution in [-0.4, -0.2) is 42.1 Å². The maximum Gasteiger partial charge on any atom is 0.311 e. The lowest BCUT2D eigenvalue weighted by Gasteiger charge is -2.17. The number of nitrogens with zero attached hydrogens (tertiary/aromatic N) is 2. The minimum atomic E-state index is -0.625. The summed E-state index contributed by atoms with van der Waals surface area (Å²) in [6.07, 6.45) is -0.183. The molecular weight excluding hydrogens is 266 g/mol. The summed E-state index contributed by atoms with van der Waals surface area (Å²) in [5, 5.41) is 13.9. The molecule has 1 aliphatic heterocycles. The first-order valence-electron chi connectivity index (χ1n) is 6.16. The number of nitro groups is 1. The fourth-order valence-corrected chi connectivity index (χ4v) is 1.90. The summed E-state index contributed by atoms with van der Waals surface area (Å²) in [6, 6.07) is 2.80. The van der Waals surface area contributed by atoms with Gasteiger partial charge < -0.3 is 19.5 Å². The summed E-state index contributed by atoms with van der Waals surface area (Å²) in [4.78, 5) is 14.5. The smallest absolute Gasteiger partial charge is 0.311 e. The van der Waals surface area contributed by atoms with Crippen molar-refractivity contribution in [2.75, 3.05) is 25.6 Å². The van der Waals surface area contributed by atoms with Gasteiger partial charge in [0.05, 0.1) is 18.6 Å². The van der Waals surface area contributed by atoms with Crippen molar-refractivity contribution in [1.29, 1.82) is 0 Å². The first-order chi connectivity index (χ1) is 9.41. The van der Waals surface area contributed by atoms with Crippen molar-refractivity contribution < 1.29 is 19.1 Å². The number of hydrogen-bond acceptors (Lipinski definition) is 7. The molecule has 0 radical (unpaired) electrons. The molecular formula is C12H17N3O5. The van der Waals surface area contributed by atoms with Gasteiger partial charge in [-0.25, -0.2) is 0 Å². The fraction of sp³-hybridized carbons (Fsp3) is 0.583. The van der Waals surface area contributed by atoms with E-state index in [2.05, 4.69) is 10.3 Å². The molecule has 8 heteroatoms. The van der Waals surface area contributed by atoms with Crippen molar-refractivity contribution in [1.82, 2.24) is 4.98 Å². The molecule has 8 nitrogen and oxygen atoms in total. The van der Waals surface area contributed by atoms with E-state index in [0.717, 1.165) is 0 Å². The zero-order chi connectivity index (χ0) is 14.8. The quantitative estimate of drug-likeness (QED) is 0.647. The SMILES string of the molecule is COc1ccc([N+](=O)[O-])c(NCC2COC(C)(C)O2)n1. The second kappa shape index (κ2) is 5.59. The number of ether oxygens (including phenoxy) is 3. The van der Waals surface area contributed by atoms with Gasteiger partial charge in [0.25, 0.3) is 0 Å². The van der Waals surface area contributed by atoms with Crippen LogP contribution in [0.2, 0.25) is 0 Å². The highest BCUT2D eigenvalue weighted by molar-refractivity contribution is 5.57. The van der Waals surface area contributed by atoms with Gasteiger partial charge in [0.15, 0.2) is 5.79 Å². The van der Waals surface area contributed by atoms with Gasteiger partial charge in [0.1, 0.15) is 6.10 Å². The van der Waals surface area contributed by atoms with Crippen LogP contribution in [0.3, 0.4) is 0 Å². The molecule has 1 fully saturated rings. The highest BCUT2D eigenvalue weighted by Gasteiger charge is 2.32. The third kappa shape index (κ3) is 3.34. The molecule has 1 atom stereocenters. The Morgan fingerprint density at radius 2 is 2.35 bits per heavy atom. The average molecular weight is 283 g/mol. The minimum absolute atomic E-state index is 0.107. The summed E-state index contributed by atoms with van der Waals surface area (Å²) in [6.45, 7) is 4.43. The van der Waals surface area contributed by atoms with Gasteiger partial charge in [-0.05, 0) is 13.8 Å². The molecule has 1 saturated heterocycles. The standard InChI is InChI=1S/C12H17N3O5/c1-12(2)19-7-8(20-12)6-13-11-9(15(16)17)4-5-10(14-11)18-3/h4-5,8H,6-7H2,1-3H3,(H,13,14). The summed E-state index contributed by atoms with van der Waals surface area (Å²) in [5.41, 5.74) is -0.107. The molecule has 0 aromatic carbocycles. The molecule has 110 valence electrons. The maximum absolute atomic E-state index is 10.9. The van der Waals surface area contributed by atoms with Crippen molar-refractivity contribution in [3.63, 3.8) is 0 Å². The van der Waals surface area contributed by atoms with E-state index in [-0.39, 0.29) is 17.6 Å². The van der Waals surface area contributed by atoms with Crippen LogP contribution < -0.4 is 10.1 Å². The minimum Gasteiger partial charge on any atom is -0.481 e. The van der Waals surface area contributed by atoms with Crippen LogP contribution in [0.4, 0.5) is 11.5 Å². The van der Waals surface area contributed by atoms with E-state index in [4.69, 9.17) is 14.2 Å². The molecule has 0 saturated carbocycles. The third-order valence-electron chi connectivity index (χ3n) is 2.82. The topological polar surface area (TPSA) is 95.8 Å². The molecule has 1 aliphatic rings. The lowest BCUT2D eigenvalue weighted by atomic mass is 10.3. The van der Waals surface area contributed by atoms with Crippen molar-refractivity contribution in [3.8, 4) is 5.88 Å². The van der Waals surface area contributed by atoms with Crippen molar-refractivity contribution in [2.45, 2.75) is 25.7 Å². The van der Waals surface area contributed by atoms with Gasteiger partial charge >= 0.3 is 5.69 Å². The number of pyridine rings is 1. The third-order valence-corrected chi connectivity index (χ3v) is 2.82. The molecule has 2 heterocycles. The van der Waals surface area contributed by atoms with Crippen molar-refractivity contribution in [3.05, 3.63) is 22.2 Å². The van der Waals surface area contributed by atoms with Crippen LogP contribution >= 0.6 is 0 Å². The number of nitrogens with one attached hydrogen (secondary N) is 1.